The fraction of sp³-hybridized carbons (Fsp3) is 0.857. The summed E-state index contributed by atoms with van der Waals surface area (Å²) in [4.78, 5) is 25.6. The van der Waals surface area contributed by atoms with Gasteiger partial charge in [-0.05, 0) is 46.5 Å². The van der Waals surface area contributed by atoms with Gasteiger partial charge in [0.25, 0.3) is 0 Å². The van der Waals surface area contributed by atoms with Crippen LogP contribution in [0, 0.1) is 11.8 Å². The Bertz CT molecular complexity index is 374. The lowest BCUT2D eigenvalue weighted by atomic mass is 9.96. The van der Waals surface area contributed by atoms with Gasteiger partial charge in [0, 0.05) is 12.6 Å². The van der Waals surface area contributed by atoms with E-state index >= 15 is 0 Å². The molecule has 19 heavy (non-hydrogen) atoms. The minimum Gasteiger partial charge on any atom is -0.466 e. The summed E-state index contributed by atoms with van der Waals surface area (Å²) >= 11 is 0. The van der Waals surface area contributed by atoms with Crippen LogP contribution in [0.2, 0.25) is 0 Å². The minimum atomic E-state index is -0.473. The van der Waals surface area contributed by atoms with Gasteiger partial charge in [0.05, 0.1) is 12.5 Å². The van der Waals surface area contributed by atoms with Crippen molar-refractivity contribution in [1.29, 1.82) is 0 Å². The highest BCUT2D eigenvalue weighted by Gasteiger charge is 2.54. The van der Waals surface area contributed by atoms with Gasteiger partial charge >= 0.3 is 12.1 Å². The third-order valence-electron chi connectivity index (χ3n) is 3.62. The number of piperidine rings is 1. The predicted octanol–water partition coefficient (Wildman–Crippen LogP) is 2.20. The van der Waals surface area contributed by atoms with Gasteiger partial charge in [0.1, 0.15) is 5.60 Å². The van der Waals surface area contributed by atoms with E-state index in [4.69, 9.17) is 9.47 Å². The lowest BCUT2D eigenvalue weighted by Crippen LogP contribution is -2.44. The lowest BCUT2D eigenvalue weighted by Gasteiger charge is -2.32. The van der Waals surface area contributed by atoms with E-state index in [0.717, 1.165) is 6.42 Å². The number of fused-ring (bicyclic) bond motifs is 1. The third kappa shape index (κ3) is 3.19. The van der Waals surface area contributed by atoms with Crippen LogP contribution in [-0.4, -0.2) is 41.8 Å². The summed E-state index contributed by atoms with van der Waals surface area (Å²) in [6.45, 7) is 8.40. The molecule has 1 aliphatic carbocycles. The molecular formula is C14H23NO4. The Hall–Kier alpha value is -1.26. The van der Waals surface area contributed by atoms with Crippen LogP contribution in [0.3, 0.4) is 0 Å². The zero-order valence-electron chi connectivity index (χ0n) is 12.1. The maximum absolute atomic E-state index is 12.0. The van der Waals surface area contributed by atoms with Crippen LogP contribution in [0.25, 0.3) is 0 Å². The van der Waals surface area contributed by atoms with Crippen molar-refractivity contribution in [3.05, 3.63) is 0 Å². The molecule has 1 aliphatic heterocycles. The number of hydrogen-bond acceptors (Lipinski definition) is 4. The molecule has 3 atom stereocenters. The molecule has 0 aromatic carbocycles. The molecule has 0 aromatic heterocycles. The number of carbonyl (C=O) groups excluding carboxylic acids is 2. The molecule has 2 fully saturated rings. The summed E-state index contributed by atoms with van der Waals surface area (Å²) in [5, 5.41) is 0. The lowest BCUT2D eigenvalue weighted by molar-refractivity contribution is -0.150. The van der Waals surface area contributed by atoms with Crippen molar-refractivity contribution in [3.8, 4) is 0 Å². The maximum Gasteiger partial charge on any atom is 0.410 e. The average molecular weight is 269 g/mol. The van der Waals surface area contributed by atoms with Gasteiger partial charge in [0.15, 0.2) is 0 Å². The predicted molar refractivity (Wildman–Crippen MR) is 69.6 cm³/mol. The van der Waals surface area contributed by atoms with Gasteiger partial charge in [0.2, 0.25) is 0 Å². The molecule has 5 nitrogen and oxygen atoms in total. The smallest absolute Gasteiger partial charge is 0.410 e. The zero-order valence-corrected chi connectivity index (χ0v) is 12.1. The Balaban J connectivity index is 1.91. The van der Waals surface area contributed by atoms with Gasteiger partial charge in [-0.2, -0.15) is 0 Å². The van der Waals surface area contributed by atoms with Crippen molar-refractivity contribution < 1.29 is 19.1 Å². The fourth-order valence-electron chi connectivity index (χ4n) is 2.74. The van der Waals surface area contributed by atoms with E-state index in [1.165, 1.54) is 0 Å². The van der Waals surface area contributed by atoms with Crippen LogP contribution in [-0.2, 0) is 14.3 Å². The Morgan fingerprint density at radius 1 is 1.32 bits per heavy atom. The second kappa shape index (κ2) is 5.02. The fourth-order valence-corrected chi connectivity index (χ4v) is 2.74. The number of esters is 1. The Morgan fingerprint density at radius 2 is 2.00 bits per heavy atom. The molecule has 2 aliphatic rings. The first kappa shape index (κ1) is 14.2. The molecule has 3 unspecified atom stereocenters. The monoisotopic (exact) mass is 269 g/mol. The van der Waals surface area contributed by atoms with E-state index < -0.39 is 5.60 Å². The largest absolute Gasteiger partial charge is 0.466 e. The first-order valence-corrected chi connectivity index (χ1v) is 6.99. The van der Waals surface area contributed by atoms with Crippen molar-refractivity contribution in [3.63, 3.8) is 0 Å². The second-order valence-electron chi connectivity index (χ2n) is 6.29. The van der Waals surface area contributed by atoms with Crippen LogP contribution < -0.4 is 0 Å². The summed E-state index contributed by atoms with van der Waals surface area (Å²) in [7, 11) is 0. The average Bonchev–Trinajstić information content (AvgIpc) is 3.04. The van der Waals surface area contributed by atoms with Crippen LogP contribution in [0.15, 0.2) is 0 Å². The molecular weight excluding hydrogens is 246 g/mol. The number of carbonyl (C=O) groups is 2. The minimum absolute atomic E-state index is 0.0383. The molecule has 0 N–H and O–H groups in total. The SMILES string of the molecule is CCOC(=O)C1CCN(C(=O)OC(C)(C)C)C2CC12. The van der Waals surface area contributed by atoms with E-state index in [-0.39, 0.29) is 29.9 Å². The van der Waals surface area contributed by atoms with Crippen LogP contribution in [0.1, 0.15) is 40.5 Å². The third-order valence-corrected chi connectivity index (χ3v) is 3.62. The molecule has 108 valence electrons. The normalized spacial score (nSPS) is 29.5. The summed E-state index contributed by atoms with van der Waals surface area (Å²) in [5.74, 6) is 0.114. The molecule has 0 radical (unpaired) electrons. The molecule has 1 saturated carbocycles. The highest BCUT2D eigenvalue weighted by atomic mass is 16.6. The second-order valence-corrected chi connectivity index (χ2v) is 6.29. The van der Waals surface area contributed by atoms with Crippen molar-refractivity contribution in [1.82, 2.24) is 4.90 Å². The molecule has 0 aromatic rings. The van der Waals surface area contributed by atoms with Gasteiger partial charge in [-0.15, -0.1) is 0 Å². The summed E-state index contributed by atoms with van der Waals surface area (Å²) in [6, 6.07) is 0.165. The molecule has 0 bridgehead atoms. The summed E-state index contributed by atoms with van der Waals surface area (Å²) in [6.07, 6.45) is 1.31. The Morgan fingerprint density at radius 3 is 2.58 bits per heavy atom. The van der Waals surface area contributed by atoms with E-state index in [9.17, 15) is 9.59 Å². The van der Waals surface area contributed by atoms with Gasteiger partial charge in [-0.3, -0.25) is 4.79 Å². The number of ether oxygens (including phenoxy) is 2. The number of amides is 1. The molecule has 2 rings (SSSR count). The molecule has 0 spiro atoms. The van der Waals surface area contributed by atoms with E-state index in [1.807, 2.05) is 27.7 Å². The first-order valence-electron chi connectivity index (χ1n) is 6.99. The van der Waals surface area contributed by atoms with E-state index in [1.54, 1.807) is 4.90 Å². The highest BCUT2D eigenvalue weighted by Crippen LogP contribution is 2.47. The van der Waals surface area contributed by atoms with Gasteiger partial charge < -0.3 is 14.4 Å². The Labute approximate surface area is 114 Å². The first-order chi connectivity index (χ1) is 8.83. The topological polar surface area (TPSA) is 55.8 Å². The number of likely N-dealkylation sites (tertiary alicyclic amines) is 1. The van der Waals surface area contributed by atoms with Crippen LogP contribution in [0.4, 0.5) is 4.79 Å². The molecule has 5 heteroatoms. The summed E-state index contributed by atoms with van der Waals surface area (Å²) in [5.41, 5.74) is -0.473. The van der Waals surface area contributed by atoms with Crippen LogP contribution in [0.5, 0.6) is 0 Å². The quantitative estimate of drug-likeness (QED) is 0.721. The highest BCUT2D eigenvalue weighted by molar-refractivity contribution is 5.75. The summed E-state index contributed by atoms with van der Waals surface area (Å²) < 4.78 is 10.5. The molecule has 1 heterocycles. The maximum atomic E-state index is 12.0. The number of rotatable bonds is 2. The van der Waals surface area contributed by atoms with E-state index in [2.05, 4.69) is 0 Å². The van der Waals surface area contributed by atoms with E-state index in [0.29, 0.717) is 19.6 Å². The molecule has 1 saturated heterocycles. The number of nitrogens with zero attached hydrogens (tertiary/aromatic N) is 1. The molecule has 1 amide bonds. The Kier molecular flexibility index (Phi) is 3.74. The number of hydrogen-bond donors (Lipinski definition) is 0. The van der Waals surface area contributed by atoms with Crippen molar-refractivity contribution in [2.75, 3.05) is 13.2 Å². The van der Waals surface area contributed by atoms with Crippen molar-refractivity contribution >= 4 is 12.1 Å². The van der Waals surface area contributed by atoms with Gasteiger partial charge in [-0.1, -0.05) is 0 Å². The zero-order chi connectivity index (χ0) is 14.2. The van der Waals surface area contributed by atoms with Crippen molar-refractivity contribution in [2.24, 2.45) is 11.8 Å². The van der Waals surface area contributed by atoms with Gasteiger partial charge in [-0.25, -0.2) is 4.79 Å². The van der Waals surface area contributed by atoms with Crippen LogP contribution >= 0.6 is 0 Å². The van der Waals surface area contributed by atoms with Crippen molar-refractivity contribution in [2.45, 2.75) is 52.2 Å². The standard InChI is InChI=1S/C14H23NO4/c1-5-18-12(16)9-6-7-15(11-8-10(9)11)13(17)19-14(2,3)4/h9-11H,5-8H2,1-4H3.